The normalized spacial score (nSPS) is 12.5. The highest BCUT2D eigenvalue weighted by Crippen LogP contribution is 2.18. The van der Waals surface area contributed by atoms with E-state index in [1.807, 2.05) is 26.0 Å². The van der Waals surface area contributed by atoms with Gasteiger partial charge >= 0.3 is 0 Å². The molecule has 0 fully saturated rings. The van der Waals surface area contributed by atoms with Gasteiger partial charge in [0.1, 0.15) is 11.6 Å². The fourth-order valence-electron chi connectivity index (χ4n) is 4.69. The molecule has 0 saturated carbocycles. The molecule has 8 heteroatoms. The Balaban J connectivity index is 0.00000560. The number of carbonyl (C=O) groups is 2. The predicted molar refractivity (Wildman–Crippen MR) is 157 cm³/mol. The molecule has 0 radical (unpaired) electrons. The minimum absolute atomic E-state index is 0. The summed E-state index contributed by atoms with van der Waals surface area (Å²) in [5.41, 5.74) is 3.31. The number of aryl methyl sites for hydroxylation is 1. The highest BCUT2D eigenvalue weighted by atomic mass is 35.5. The maximum absolute atomic E-state index is 13.9. The molecular weight excluding hydrogens is 534 g/mol. The lowest BCUT2D eigenvalue weighted by Gasteiger charge is -2.25. The Morgan fingerprint density at radius 3 is 2.10 bits per heavy atom. The summed E-state index contributed by atoms with van der Waals surface area (Å²) in [5.74, 6) is -2.08. The molecule has 3 aromatic rings. The molecular formula is C32H39ClF2N2O3. The second-order valence-corrected chi connectivity index (χ2v) is 9.89. The van der Waals surface area contributed by atoms with Crippen molar-refractivity contribution in [3.05, 3.63) is 106 Å². The first-order valence-corrected chi connectivity index (χ1v) is 13.6. The van der Waals surface area contributed by atoms with Gasteiger partial charge in [0, 0.05) is 36.2 Å². The van der Waals surface area contributed by atoms with Crippen molar-refractivity contribution < 1.29 is 23.5 Å². The van der Waals surface area contributed by atoms with Gasteiger partial charge in [-0.2, -0.15) is 0 Å². The van der Waals surface area contributed by atoms with E-state index in [9.17, 15) is 23.5 Å². The van der Waals surface area contributed by atoms with Crippen molar-refractivity contribution in [3.63, 3.8) is 0 Å². The van der Waals surface area contributed by atoms with Crippen LogP contribution in [0.1, 0.15) is 71.0 Å². The zero-order valence-corrected chi connectivity index (χ0v) is 24.1. The molecule has 1 amide bonds. The molecule has 0 bridgehead atoms. The number of benzene rings is 3. The molecule has 3 aromatic carbocycles. The van der Waals surface area contributed by atoms with Crippen molar-refractivity contribution in [3.8, 4) is 0 Å². The summed E-state index contributed by atoms with van der Waals surface area (Å²) in [5, 5.41) is 17.1. The van der Waals surface area contributed by atoms with Crippen molar-refractivity contribution in [1.29, 1.82) is 0 Å². The number of carbonyl (C=O) groups excluding carboxylic acids is 2. The Labute approximate surface area is 241 Å². The minimum Gasteiger partial charge on any atom is -0.390 e. The third-order valence-corrected chi connectivity index (χ3v) is 7.01. The lowest BCUT2D eigenvalue weighted by atomic mass is 9.92. The fourth-order valence-corrected chi connectivity index (χ4v) is 4.69. The van der Waals surface area contributed by atoms with Gasteiger partial charge in [-0.25, -0.2) is 8.78 Å². The summed E-state index contributed by atoms with van der Waals surface area (Å²) in [6, 6.07) is 16.9. The van der Waals surface area contributed by atoms with Crippen LogP contribution in [0.25, 0.3) is 0 Å². The molecule has 0 heterocycles. The summed E-state index contributed by atoms with van der Waals surface area (Å²) in [4.78, 5) is 26.1. The Bertz CT molecular complexity index is 1250. The first-order chi connectivity index (χ1) is 18.7. The molecule has 3 N–H and O–H groups in total. The molecule has 3 rings (SSSR count). The molecule has 0 unspecified atom stereocenters. The Morgan fingerprint density at radius 2 is 1.45 bits per heavy atom. The Hall–Kier alpha value is -3.13. The molecule has 216 valence electrons. The third-order valence-electron chi connectivity index (χ3n) is 7.01. The largest absolute Gasteiger partial charge is 0.390 e. The van der Waals surface area contributed by atoms with E-state index in [4.69, 9.17) is 0 Å². The van der Waals surface area contributed by atoms with Crippen LogP contribution in [-0.4, -0.2) is 35.5 Å². The van der Waals surface area contributed by atoms with Crippen molar-refractivity contribution in [2.24, 2.45) is 5.92 Å². The molecule has 2 atom stereocenters. The molecule has 0 aliphatic heterocycles. The van der Waals surface area contributed by atoms with Gasteiger partial charge in [0.2, 0.25) is 0 Å². The monoisotopic (exact) mass is 572 g/mol. The first-order valence-electron chi connectivity index (χ1n) is 13.6. The average molecular weight is 573 g/mol. The van der Waals surface area contributed by atoms with Crippen LogP contribution < -0.4 is 10.6 Å². The topological polar surface area (TPSA) is 78.4 Å². The smallest absolute Gasteiger partial charge is 0.251 e. The van der Waals surface area contributed by atoms with Crippen molar-refractivity contribution in [1.82, 2.24) is 10.6 Å². The van der Waals surface area contributed by atoms with E-state index >= 15 is 0 Å². The maximum atomic E-state index is 13.9. The van der Waals surface area contributed by atoms with Crippen molar-refractivity contribution in [2.75, 3.05) is 6.54 Å². The fraction of sp³-hybridized carbons (Fsp3) is 0.375. The number of aliphatic hydroxyl groups is 1. The summed E-state index contributed by atoms with van der Waals surface area (Å²) < 4.78 is 27.7. The molecule has 0 aliphatic carbocycles. The summed E-state index contributed by atoms with van der Waals surface area (Å²) in [6.07, 6.45) is 1.30. The summed E-state index contributed by atoms with van der Waals surface area (Å²) in [7, 11) is 0. The number of ketones is 1. The van der Waals surface area contributed by atoms with Gasteiger partial charge in [-0.1, -0.05) is 57.2 Å². The van der Waals surface area contributed by atoms with Gasteiger partial charge in [0.15, 0.2) is 5.78 Å². The quantitative estimate of drug-likeness (QED) is 0.205. The molecule has 0 saturated heterocycles. The highest BCUT2D eigenvalue weighted by Gasteiger charge is 2.24. The van der Waals surface area contributed by atoms with Gasteiger partial charge < -0.3 is 15.7 Å². The van der Waals surface area contributed by atoms with Crippen molar-refractivity contribution in [2.45, 2.75) is 65.1 Å². The number of amides is 1. The number of hydrogen-bond donors (Lipinski definition) is 3. The number of halogens is 3. The van der Waals surface area contributed by atoms with E-state index in [2.05, 4.69) is 29.7 Å². The lowest BCUT2D eigenvalue weighted by Crippen LogP contribution is -2.48. The van der Waals surface area contributed by atoms with E-state index in [-0.39, 0.29) is 42.6 Å². The molecule has 5 nitrogen and oxygen atoms in total. The Kier molecular flexibility index (Phi) is 13.4. The van der Waals surface area contributed by atoms with Crippen LogP contribution in [0.2, 0.25) is 0 Å². The summed E-state index contributed by atoms with van der Waals surface area (Å²) >= 11 is 0. The van der Waals surface area contributed by atoms with Crippen LogP contribution in [0.5, 0.6) is 0 Å². The SMILES string of the molecule is CCc1cccc(CNC[C@H](O)[C@H](Cc2cc(F)cc(F)c2)NC(=O)c2cccc(C(=O)C(CC)CC)c2)c1.Cl. The van der Waals surface area contributed by atoms with Gasteiger partial charge in [-0.15, -0.1) is 12.4 Å². The average Bonchev–Trinajstić information content (AvgIpc) is 2.92. The number of nitrogens with one attached hydrogen (secondary N) is 2. The zero-order valence-electron chi connectivity index (χ0n) is 23.3. The molecule has 40 heavy (non-hydrogen) atoms. The highest BCUT2D eigenvalue weighted by molar-refractivity contribution is 6.01. The van der Waals surface area contributed by atoms with Gasteiger partial charge in [0.05, 0.1) is 12.1 Å². The van der Waals surface area contributed by atoms with E-state index in [0.29, 0.717) is 30.5 Å². The predicted octanol–water partition coefficient (Wildman–Crippen LogP) is 6.06. The molecule has 0 aliphatic rings. The zero-order chi connectivity index (χ0) is 28.4. The van der Waals surface area contributed by atoms with Crippen LogP contribution in [0.4, 0.5) is 8.78 Å². The maximum Gasteiger partial charge on any atom is 0.251 e. The van der Waals surface area contributed by atoms with E-state index in [0.717, 1.165) is 18.1 Å². The van der Waals surface area contributed by atoms with Crippen LogP contribution in [-0.2, 0) is 19.4 Å². The van der Waals surface area contributed by atoms with Crippen molar-refractivity contribution >= 4 is 24.1 Å². The van der Waals surface area contributed by atoms with E-state index < -0.39 is 29.7 Å². The lowest BCUT2D eigenvalue weighted by molar-refractivity contribution is 0.0829. The van der Waals surface area contributed by atoms with Crippen LogP contribution >= 0.6 is 12.4 Å². The van der Waals surface area contributed by atoms with E-state index in [1.165, 1.54) is 17.7 Å². The van der Waals surface area contributed by atoms with Gasteiger partial charge in [-0.05, 0) is 66.6 Å². The van der Waals surface area contributed by atoms with E-state index in [1.54, 1.807) is 24.3 Å². The second kappa shape index (κ2) is 16.2. The number of rotatable bonds is 14. The number of Topliss-reactive ketones (excluding diaryl/α,β-unsaturated/α-hetero) is 1. The Morgan fingerprint density at radius 1 is 0.825 bits per heavy atom. The number of hydrogen-bond acceptors (Lipinski definition) is 4. The minimum atomic E-state index is -1.05. The molecule has 0 spiro atoms. The van der Waals surface area contributed by atoms with Crippen LogP contribution in [0, 0.1) is 17.6 Å². The first kappa shape index (κ1) is 33.1. The molecule has 0 aromatic heterocycles. The number of aliphatic hydroxyl groups excluding tert-OH is 1. The third kappa shape index (κ3) is 9.51. The van der Waals surface area contributed by atoms with Crippen LogP contribution in [0.15, 0.2) is 66.7 Å². The second-order valence-electron chi connectivity index (χ2n) is 9.89. The standard InChI is InChI=1S/C32H38F2N2O3.ClH/c1-4-21-9-7-10-22(13-21)19-35-20-30(37)29(16-23-14-27(33)18-28(34)15-23)36-32(39)26-12-8-11-25(17-26)31(38)24(5-2)6-3;/h7-15,17-18,24,29-30,35,37H,4-6,16,19-20H2,1-3H3,(H,36,39);1H/t29-,30-;/m0./s1. The van der Waals surface area contributed by atoms with Gasteiger partial charge in [-0.3, -0.25) is 9.59 Å². The van der Waals surface area contributed by atoms with Crippen LogP contribution in [0.3, 0.4) is 0 Å². The van der Waals surface area contributed by atoms with Gasteiger partial charge in [0.25, 0.3) is 5.91 Å². The summed E-state index contributed by atoms with van der Waals surface area (Å²) in [6.45, 7) is 6.65.